The molecular weight excluding hydrogens is 1350 g/mol. The Labute approximate surface area is 574 Å². The third-order valence-electron chi connectivity index (χ3n) is 16.5. The molecule has 8 amide bonds. The monoisotopic (exact) mass is 1440 g/mol. The van der Waals surface area contributed by atoms with Gasteiger partial charge in [-0.15, -0.1) is 0 Å². The van der Waals surface area contributed by atoms with Crippen molar-refractivity contribution >= 4 is 159 Å². The van der Waals surface area contributed by atoms with Crippen molar-refractivity contribution in [1.29, 1.82) is 0 Å². The van der Waals surface area contributed by atoms with Crippen LogP contribution in [-0.4, -0.2) is 198 Å². The number of phenols is 1. The molecule has 4 bridgehead atoms. The number of ketones is 6. The van der Waals surface area contributed by atoms with Crippen LogP contribution in [0.5, 0.6) is 5.75 Å². The van der Waals surface area contributed by atoms with Gasteiger partial charge in [0.1, 0.15) is 11.8 Å². The van der Waals surface area contributed by atoms with Crippen LogP contribution in [0.3, 0.4) is 0 Å². The maximum atomic E-state index is 15.1. The zero-order chi connectivity index (χ0) is 70.2. The van der Waals surface area contributed by atoms with Gasteiger partial charge in [0.25, 0.3) is 0 Å². The molecule has 27 nitrogen and oxygen atoms in total. The minimum absolute atomic E-state index is 0.0253. The summed E-state index contributed by atoms with van der Waals surface area (Å²) in [7, 11) is 6.03. The van der Waals surface area contributed by atoms with Crippen molar-refractivity contribution in [1.82, 2.24) is 36.8 Å². The Morgan fingerprint density at radius 2 is 1.15 bits per heavy atom. The summed E-state index contributed by atoms with van der Waals surface area (Å²) in [6.07, 6.45) is -4.98. The summed E-state index contributed by atoms with van der Waals surface area (Å²) in [4.78, 5) is 226. The fourth-order valence-corrected chi connectivity index (χ4v) is 18.5. The van der Waals surface area contributed by atoms with Gasteiger partial charge in [0.2, 0.25) is 47.3 Å². The number of nitrogens with two attached hydrogens (primary N) is 1. The number of nitrogens with zero attached hydrogens (tertiary/aromatic N) is 1. The Morgan fingerprint density at radius 1 is 0.611 bits per heavy atom. The maximum absolute atomic E-state index is 15.1. The van der Waals surface area contributed by atoms with Gasteiger partial charge in [-0.3, -0.25) is 71.9 Å². The minimum atomic E-state index is -1.55. The van der Waals surface area contributed by atoms with Gasteiger partial charge in [-0.1, -0.05) is 112 Å². The highest BCUT2D eigenvalue weighted by molar-refractivity contribution is 8.77. The summed E-state index contributed by atoms with van der Waals surface area (Å²) in [5.74, 6) is -23.9. The molecule has 524 valence electrons. The number of hydrogen-bond donors (Lipinski definition) is 10. The molecule has 0 radical (unpaired) electrons. The second kappa shape index (κ2) is 39.3. The van der Waals surface area contributed by atoms with E-state index in [1.165, 1.54) is 43.0 Å². The molecule has 11 N–H and O–H groups in total. The van der Waals surface area contributed by atoms with Crippen LogP contribution in [0.25, 0.3) is 0 Å². The number of Topliss-reactive ketones (excluding diaryl/α,β-unsaturated/α-hetero) is 6. The molecule has 0 spiro atoms. The molecule has 5 rings (SSSR count). The Bertz CT molecular complexity index is 3020. The molecule has 4 fully saturated rings. The molecule has 1 aromatic carbocycles. The number of carbonyl (C=O) groups is 16. The van der Waals surface area contributed by atoms with Crippen LogP contribution in [0, 0.1) is 47.3 Å². The molecule has 4 heterocycles. The molecule has 4 aliphatic heterocycles. The summed E-state index contributed by atoms with van der Waals surface area (Å²) in [6.45, 7) is 7.22. The number of aromatic hydroxyl groups is 1. The number of hydrogen-bond acceptors (Lipinski definition) is 23. The zero-order valence-corrected chi connectivity index (χ0v) is 58.5. The quantitative estimate of drug-likeness (QED) is 0.134. The van der Waals surface area contributed by atoms with E-state index in [-0.39, 0.29) is 72.0 Å². The van der Waals surface area contributed by atoms with E-state index in [1.807, 2.05) is 0 Å². The number of carboxylic acids is 2. The van der Waals surface area contributed by atoms with Gasteiger partial charge in [0, 0.05) is 123 Å². The van der Waals surface area contributed by atoms with Crippen molar-refractivity contribution in [3.05, 3.63) is 29.8 Å². The lowest BCUT2D eigenvalue weighted by atomic mass is 9.90. The first kappa shape index (κ1) is 79.5. The number of fused-ring (bicyclic) bond motifs is 20. The van der Waals surface area contributed by atoms with E-state index in [1.54, 1.807) is 20.8 Å². The number of aliphatic carboxylic acids is 2. The lowest BCUT2D eigenvalue weighted by Crippen LogP contribution is -2.50. The fourth-order valence-electron chi connectivity index (χ4n) is 10.9. The van der Waals surface area contributed by atoms with Crippen molar-refractivity contribution in [2.24, 2.45) is 53.1 Å². The van der Waals surface area contributed by atoms with E-state index in [9.17, 15) is 87.2 Å². The number of carboxylic acid groups (broad SMARTS) is 2. The van der Waals surface area contributed by atoms with Gasteiger partial charge in [-0.2, -0.15) is 0 Å². The third kappa shape index (κ3) is 26.3. The Balaban J connectivity index is 1.72. The van der Waals surface area contributed by atoms with E-state index in [4.69, 9.17) is 5.73 Å². The van der Waals surface area contributed by atoms with Crippen LogP contribution in [0.15, 0.2) is 24.3 Å². The van der Waals surface area contributed by atoms with Crippen molar-refractivity contribution in [3.63, 3.8) is 0 Å². The highest BCUT2D eigenvalue weighted by Gasteiger charge is 2.42. The van der Waals surface area contributed by atoms with Gasteiger partial charge < -0.3 is 57.9 Å². The second-order valence-corrected chi connectivity index (χ2v) is 32.6. The largest absolute Gasteiger partial charge is 0.508 e. The van der Waals surface area contributed by atoms with Crippen molar-refractivity contribution in [2.75, 3.05) is 47.6 Å². The first-order valence-electron chi connectivity index (χ1n) is 31.4. The number of nitrogens with one attached hydrogen (secondary N) is 6. The van der Waals surface area contributed by atoms with E-state index in [2.05, 4.69) is 31.9 Å². The van der Waals surface area contributed by atoms with E-state index in [0.29, 0.717) is 12.0 Å². The van der Waals surface area contributed by atoms with Crippen molar-refractivity contribution < 1.29 is 92.0 Å². The van der Waals surface area contributed by atoms with E-state index >= 15 is 4.79 Å². The van der Waals surface area contributed by atoms with Crippen LogP contribution in [0.1, 0.15) is 117 Å². The lowest BCUT2D eigenvalue weighted by Gasteiger charge is -2.29. The van der Waals surface area contributed by atoms with Gasteiger partial charge in [0.15, 0.2) is 34.7 Å². The highest BCUT2D eigenvalue weighted by Crippen LogP contribution is 2.33. The number of amides is 8. The van der Waals surface area contributed by atoms with Crippen LogP contribution in [-0.2, 0) is 83.1 Å². The number of phenolic OH excluding ortho intramolecular Hbond substituents is 1. The second-order valence-electron chi connectivity index (χ2n) is 24.9. The zero-order valence-electron chi connectivity index (χ0n) is 53.6. The van der Waals surface area contributed by atoms with Gasteiger partial charge in [0.05, 0.1) is 54.5 Å². The highest BCUT2D eigenvalue weighted by atomic mass is 33.1. The summed E-state index contributed by atoms with van der Waals surface area (Å²) < 4.78 is 0. The fraction of sp³-hybridized carbons (Fsp3) is 0.645. The number of benzene rings is 1. The molecular formula is C62H86N8O19S6. The average Bonchev–Trinajstić information content (AvgIpc) is 1.84. The molecule has 33 heteroatoms. The van der Waals surface area contributed by atoms with E-state index < -0.39 is 236 Å². The van der Waals surface area contributed by atoms with E-state index in [0.717, 1.165) is 64.8 Å². The number of carbonyl (C=O) groups excluding carboxylic acids is 14. The molecule has 4 aliphatic rings. The Hall–Kier alpha value is -6.16. The standard InChI is InChI=1S/C62H86N8O19S6/c1-31(2)15-42-49(74)22-39-27-92-91-26-38(59(85)66-43(62(88)89)18-35-8-11-40(71)12-9-35)19-41(72)24-64-55(81)32(3)16-48(73)44-28-94-95-29-45(50(75)20-36(58(84)65-42)10-13-54(79)80)68-57(83)34(5)25-90-93-30-46(69-60(39)86)51(76)21-37(23-53(63)78)61(87)70-14-6-7-47(70)52(77)17-33(4)56(82)67-44/h8-9,11-12,31-34,36-39,42-47,71H,6-7,10,13-30H2,1-5H3,(H2,63,78)(H,64,81)(H,65,84)(H,66,85)(H,67,82)(H,68,83)(H,69,86)(H,79,80)(H,88,89)/t32-,33-,34+,36-,37+,38+,39+,42+,43+,44+,45+,46+,47+/m1/s1. The predicted molar refractivity (Wildman–Crippen MR) is 361 cm³/mol. The molecule has 13 atom stereocenters. The molecule has 0 saturated carbocycles. The van der Waals surface area contributed by atoms with Crippen molar-refractivity contribution in [3.8, 4) is 5.75 Å². The van der Waals surface area contributed by atoms with Crippen LogP contribution in [0.4, 0.5) is 0 Å². The summed E-state index contributed by atoms with van der Waals surface area (Å²) >= 11 is 0. The van der Waals surface area contributed by atoms with Crippen LogP contribution in [0.2, 0.25) is 0 Å². The number of primary amides is 1. The number of rotatable bonds is 12. The first-order chi connectivity index (χ1) is 44.9. The summed E-state index contributed by atoms with van der Waals surface area (Å²) in [5.41, 5.74) is 6.13. The predicted octanol–water partition coefficient (Wildman–Crippen LogP) is 2.65. The topological polar surface area (TPSA) is 435 Å². The molecule has 95 heavy (non-hydrogen) atoms. The molecule has 1 aromatic rings. The van der Waals surface area contributed by atoms with Gasteiger partial charge in [-0.05, 0) is 49.3 Å². The lowest BCUT2D eigenvalue weighted by molar-refractivity contribution is -0.144. The van der Waals surface area contributed by atoms with Crippen molar-refractivity contribution in [2.45, 2.75) is 154 Å². The molecule has 4 saturated heterocycles. The Kier molecular flexibility index (Phi) is 32.9. The van der Waals surface area contributed by atoms with Gasteiger partial charge >= 0.3 is 11.9 Å². The van der Waals surface area contributed by atoms with Crippen LogP contribution >= 0.6 is 64.8 Å². The summed E-state index contributed by atoms with van der Waals surface area (Å²) in [6, 6.07) is -2.71. The third-order valence-corrected chi connectivity index (χ3v) is 24.1. The SMILES string of the molecule is CC(C)C[C@@H]1NC(=O)[C@H](CCC(=O)O)CC(=O)[C@@H]2CSSC[C@@H]3NC(=O)[C@H](C)CC(=O)[C@@H]4CCCN4C(=O)[C@H](CC(N)=O)CC(=O)[C@H](CSSC[C@H](C)C(=O)N2)NC(=O)[C@H](CSSC[C@@H](C(=O)N[C@@H](Cc2ccc(O)cc2)C(=O)O)CC(=O)CNC(=O)[C@H](C)CC3=O)CC1=O. The summed E-state index contributed by atoms with van der Waals surface area (Å²) in [5, 5.41) is 45.9. The molecule has 0 unspecified atom stereocenters. The van der Waals surface area contributed by atoms with Crippen LogP contribution < -0.4 is 37.6 Å². The molecule has 0 aromatic heterocycles. The average molecular weight is 1440 g/mol. The molecule has 0 aliphatic carbocycles. The smallest absolute Gasteiger partial charge is 0.326 e. The normalized spacial score (nSPS) is 28.6. The first-order valence-corrected chi connectivity index (χ1v) is 38.9. The Morgan fingerprint density at radius 3 is 1.74 bits per heavy atom. The maximum Gasteiger partial charge on any atom is 0.326 e. The van der Waals surface area contributed by atoms with Gasteiger partial charge in [-0.25, -0.2) is 4.79 Å². The minimum Gasteiger partial charge on any atom is -0.508 e.